The normalized spacial score (nSPS) is 11.9. The first-order valence-corrected chi connectivity index (χ1v) is 35.8. The zero-order valence-electron chi connectivity index (χ0n) is 45.8. The van der Waals surface area contributed by atoms with Crippen molar-refractivity contribution in [2.75, 3.05) is 33.8 Å². The molecule has 84 heavy (non-hydrogen) atoms. The molecule has 0 heterocycles. The third kappa shape index (κ3) is 16.8. The number of hydrogen-bond acceptors (Lipinski definition) is 15. The molecule has 0 aliphatic carbocycles. The molecule has 15 nitrogen and oxygen atoms in total. The molecule has 0 aliphatic rings. The summed E-state index contributed by atoms with van der Waals surface area (Å²) in [6.45, 7) is -9.89. The van der Waals surface area contributed by atoms with Crippen molar-refractivity contribution in [3.63, 3.8) is 0 Å². The van der Waals surface area contributed by atoms with Crippen LogP contribution in [0.25, 0.3) is 0 Å². The molecule has 0 fully saturated rings. The summed E-state index contributed by atoms with van der Waals surface area (Å²) in [4.78, 5) is 0. The summed E-state index contributed by atoms with van der Waals surface area (Å²) in [5.41, 5.74) is 1.96. The Balaban J connectivity index is 1.05. The van der Waals surface area contributed by atoms with Gasteiger partial charge in [-0.2, -0.15) is 19.8 Å². The minimum Gasteiger partial charge on any atom is -0.508 e. The van der Waals surface area contributed by atoms with E-state index in [9.17, 15) is 10.2 Å². The summed E-state index contributed by atoms with van der Waals surface area (Å²) >= 11 is 18.9. The van der Waals surface area contributed by atoms with E-state index in [2.05, 4.69) is 29.4 Å². The Morgan fingerprint density at radius 3 is 1.04 bits per heavy atom. The largest absolute Gasteiger partial charge is 0.508 e. The van der Waals surface area contributed by atoms with E-state index in [1.165, 1.54) is 18.2 Å². The number of nitrogens with zero attached hydrogens (tertiary/aromatic N) is 7. The van der Waals surface area contributed by atoms with Gasteiger partial charge in [0.25, 0.3) is 0 Å². The van der Waals surface area contributed by atoms with Crippen molar-refractivity contribution >= 4 is 91.7 Å². The standard InChI is InChI=1S/C62H59N7O8P4S3/c1-67(63-49-52-44-53(70)46-54(71)45-52)42-43-78(61-30-18-8-19-31-61,62-32-20-9-21-33-62)66-79(82,72-59-38-34-50(35-39-59)47-64-68(2)80(83,74-55-22-10-4-11-23-55)75-56-24-12-5-13-25-56)73-60-40-36-51(37-41-60)48-65-69(3)81(84,76-57-26-14-6-15-27-57)77-58-28-16-7-17-29-58/h4-41,44-49,70-71H,42-43H2,1-3H3/b63-49+,64-47+,65-48+. The second-order valence-electron chi connectivity index (χ2n) is 18.5. The SMILES string of the molecule is CN(CCP(=NP(=S)(Oc1ccc(/C=N/N(C)P(=S)(Oc2ccccc2)Oc2ccccc2)cc1)Oc1ccc(/C=N/N(C)P(=S)(Oc2ccccc2)Oc2ccccc2)cc1)(c1ccccc1)c1ccccc1)/N=C/c1cc(O)cc(O)c1. The summed E-state index contributed by atoms with van der Waals surface area (Å²) in [6.07, 6.45) is 5.37. The van der Waals surface area contributed by atoms with Gasteiger partial charge in [0.2, 0.25) is 0 Å². The molecule has 0 saturated carbocycles. The summed E-state index contributed by atoms with van der Waals surface area (Å²) in [5.74, 6) is 2.87. The Hall–Kier alpha value is -8.03. The minimum absolute atomic E-state index is 0.0784. The Labute approximate surface area is 505 Å². The van der Waals surface area contributed by atoms with Crippen LogP contribution in [0.15, 0.2) is 269 Å². The molecule has 0 saturated heterocycles. The Morgan fingerprint density at radius 1 is 0.381 bits per heavy atom. The fraction of sp³-hybridized carbons (Fsp3) is 0.0806. The van der Waals surface area contributed by atoms with Crippen LogP contribution in [0.2, 0.25) is 0 Å². The average Bonchev–Trinajstić information content (AvgIpc) is 3.46. The van der Waals surface area contributed by atoms with Crippen molar-refractivity contribution in [2.24, 2.45) is 19.8 Å². The van der Waals surface area contributed by atoms with E-state index in [1.54, 1.807) is 71.6 Å². The molecule has 9 rings (SSSR count). The molecule has 22 heteroatoms. The maximum Gasteiger partial charge on any atom is 0.413 e. The van der Waals surface area contributed by atoms with Crippen molar-refractivity contribution in [1.82, 2.24) is 14.6 Å². The lowest BCUT2D eigenvalue weighted by molar-refractivity contribution is 0.380. The molecule has 0 atom stereocenters. The van der Waals surface area contributed by atoms with Gasteiger partial charge in [-0.15, -0.1) is 0 Å². The minimum atomic E-state index is -3.79. The predicted octanol–water partition coefficient (Wildman–Crippen LogP) is 14.9. The zero-order chi connectivity index (χ0) is 58.8. The fourth-order valence-corrected chi connectivity index (χ4v) is 19.9. The van der Waals surface area contributed by atoms with Crippen molar-refractivity contribution in [3.05, 3.63) is 265 Å². The summed E-state index contributed by atoms with van der Waals surface area (Å²) in [6, 6.07) is 76.1. The van der Waals surface area contributed by atoms with Crippen LogP contribution in [-0.4, -0.2) is 77.3 Å². The highest BCUT2D eigenvalue weighted by atomic mass is 32.5. The summed E-state index contributed by atoms with van der Waals surface area (Å²) in [5, 5.41) is 38.2. The quantitative estimate of drug-likeness (QED) is 0.0300. The Kier molecular flexibility index (Phi) is 20.5. The van der Waals surface area contributed by atoms with Gasteiger partial charge in [-0.25, -0.2) is 9.56 Å². The smallest absolute Gasteiger partial charge is 0.413 e. The third-order valence-corrected chi connectivity index (χ3v) is 25.2. The molecule has 2 N–H and O–H groups in total. The molecule has 0 bridgehead atoms. The number of aromatic hydroxyl groups is 2. The van der Waals surface area contributed by atoms with E-state index >= 15 is 0 Å². The highest BCUT2D eigenvalue weighted by Crippen LogP contribution is 2.62. The molecule has 0 spiro atoms. The Bertz CT molecular complexity index is 3570. The molecule has 0 radical (unpaired) electrons. The third-order valence-electron chi connectivity index (χ3n) is 12.2. The maximum absolute atomic E-state index is 10.2. The van der Waals surface area contributed by atoms with E-state index in [4.69, 9.17) is 77.3 Å². The molecule has 0 aromatic heterocycles. The van der Waals surface area contributed by atoms with E-state index < -0.39 is 27.0 Å². The number of hydrazone groups is 3. The van der Waals surface area contributed by atoms with Crippen molar-refractivity contribution in [3.8, 4) is 46.0 Å². The van der Waals surface area contributed by atoms with Gasteiger partial charge in [0.15, 0.2) is 0 Å². The number of rotatable bonds is 26. The summed E-state index contributed by atoms with van der Waals surface area (Å²) < 4.78 is 48.1. The van der Waals surface area contributed by atoms with Crippen molar-refractivity contribution in [2.45, 2.75) is 0 Å². The zero-order valence-corrected chi connectivity index (χ0v) is 51.8. The first-order valence-electron chi connectivity index (χ1n) is 26.1. The lowest BCUT2D eigenvalue weighted by Gasteiger charge is -2.31. The molecule has 0 unspecified atom stereocenters. The van der Waals surface area contributed by atoms with Crippen LogP contribution in [0.1, 0.15) is 16.7 Å². The van der Waals surface area contributed by atoms with Crippen molar-refractivity contribution in [1.29, 1.82) is 0 Å². The van der Waals surface area contributed by atoms with E-state index in [-0.39, 0.29) is 11.5 Å². The lowest BCUT2D eigenvalue weighted by atomic mass is 10.2. The van der Waals surface area contributed by atoms with Crippen LogP contribution in [0.4, 0.5) is 0 Å². The molecule has 0 amide bonds. The predicted molar refractivity (Wildman–Crippen MR) is 352 cm³/mol. The van der Waals surface area contributed by atoms with Crippen LogP contribution < -0.4 is 37.8 Å². The van der Waals surface area contributed by atoms with Crippen LogP contribution in [0.3, 0.4) is 0 Å². The second-order valence-corrected chi connectivity index (χ2v) is 31.4. The number of benzene rings is 9. The number of phenolic OH excluding ortho intramolecular Hbond substituents is 2. The molecular formula is C62H59N7O8P4S3. The van der Waals surface area contributed by atoms with Gasteiger partial charge >= 0.3 is 19.9 Å². The number of phenols is 2. The first-order chi connectivity index (χ1) is 40.6. The highest BCUT2D eigenvalue weighted by Gasteiger charge is 2.34. The van der Waals surface area contributed by atoms with Gasteiger partial charge in [0.1, 0.15) is 46.0 Å². The fourth-order valence-electron chi connectivity index (χ4n) is 8.01. The average molecular weight is 1250 g/mol. The van der Waals surface area contributed by atoms with Crippen LogP contribution in [-0.2, 0) is 35.4 Å². The molecule has 9 aromatic carbocycles. The number of para-hydroxylation sites is 4. The van der Waals surface area contributed by atoms with Crippen LogP contribution in [0, 0.1) is 0 Å². The monoisotopic (exact) mass is 1250 g/mol. The van der Waals surface area contributed by atoms with E-state index in [0.717, 1.165) is 21.7 Å². The molecule has 428 valence electrons. The van der Waals surface area contributed by atoms with Gasteiger partial charge in [0, 0.05) is 88.0 Å². The summed E-state index contributed by atoms with van der Waals surface area (Å²) in [7, 11) is 2.36. The van der Waals surface area contributed by atoms with Crippen LogP contribution in [0.5, 0.6) is 46.0 Å². The molecular weight excluding hydrogens is 1190 g/mol. The first kappa shape index (κ1) is 60.6. The van der Waals surface area contributed by atoms with E-state index in [0.29, 0.717) is 52.8 Å². The highest BCUT2D eigenvalue weighted by molar-refractivity contribution is 8.11. The van der Waals surface area contributed by atoms with Gasteiger partial charge in [-0.3, -0.25) is 5.01 Å². The Morgan fingerprint density at radius 2 is 0.690 bits per heavy atom. The molecule has 9 aromatic rings. The van der Waals surface area contributed by atoms with Crippen LogP contribution >= 0.6 is 27.0 Å². The van der Waals surface area contributed by atoms with E-state index in [1.807, 2.05) is 189 Å². The van der Waals surface area contributed by atoms with Gasteiger partial charge in [-0.05, 0) is 131 Å². The van der Waals surface area contributed by atoms with Gasteiger partial charge < -0.3 is 37.4 Å². The van der Waals surface area contributed by atoms with Crippen molar-refractivity contribution < 1.29 is 37.4 Å². The topological polar surface area (TPSA) is 155 Å². The lowest BCUT2D eigenvalue weighted by Crippen LogP contribution is -2.25. The number of hydrogen-bond donors (Lipinski definition) is 2. The second kappa shape index (κ2) is 28.5. The molecule has 0 aliphatic heterocycles. The van der Waals surface area contributed by atoms with Gasteiger partial charge in [0.05, 0.1) is 18.6 Å². The maximum atomic E-state index is 10.2. The van der Waals surface area contributed by atoms with Gasteiger partial charge in [-0.1, -0.05) is 133 Å².